The van der Waals surface area contributed by atoms with Gasteiger partial charge in [-0.25, -0.2) is 4.79 Å². The first-order chi connectivity index (χ1) is 11.9. The molecule has 2 rings (SSSR count). The van der Waals surface area contributed by atoms with Crippen LogP contribution >= 0.6 is 0 Å². The number of nitrogens with one attached hydrogen (secondary N) is 2. The quantitative estimate of drug-likeness (QED) is 0.859. The number of carbonyl (C=O) groups excluding carboxylic acids is 2. The molecular weight excluding hydrogens is 314 g/mol. The molecule has 1 aliphatic rings. The van der Waals surface area contributed by atoms with Gasteiger partial charge in [-0.1, -0.05) is 26.0 Å². The Bertz CT molecular complexity index is 598. The van der Waals surface area contributed by atoms with E-state index in [0.29, 0.717) is 24.6 Å². The van der Waals surface area contributed by atoms with E-state index in [4.69, 9.17) is 0 Å². The van der Waals surface area contributed by atoms with E-state index in [-0.39, 0.29) is 23.9 Å². The van der Waals surface area contributed by atoms with Gasteiger partial charge in [-0.15, -0.1) is 0 Å². The minimum absolute atomic E-state index is 0.00512. The zero-order valence-electron chi connectivity index (χ0n) is 15.8. The summed E-state index contributed by atoms with van der Waals surface area (Å²) in [4.78, 5) is 26.4. The van der Waals surface area contributed by atoms with E-state index in [2.05, 4.69) is 30.5 Å². The summed E-state index contributed by atoms with van der Waals surface area (Å²) < 4.78 is 0. The molecule has 0 aromatic heterocycles. The van der Waals surface area contributed by atoms with Gasteiger partial charge in [0.25, 0.3) is 5.91 Å². The van der Waals surface area contributed by atoms with E-state index in [9.17, 15) is 9.59 Å². The summed E-state index contributed by atoms with van der Waals surface area (Å²) in [7, 11) is 0. The summed E-state index contributed by atoms with van der Waals surface area (Å²) in [5.41, 5.74) is 1.83. The molecule has 0 saturated carbocycles. The predicted molar refractivity (Wildman–Crippen MR) is 101 cm³/mol. The molecule has 0 radical (unpaired) electrons. The van der Waals surface area contributed by atoms with Gasteiger partial charge in [0.15, 0.2) is 0 Å². The van der Waals surface area contributed by atoms with E-state index < -0.39 is 0 Å². The standard InChI is InChI=1S/C20H31N3O2/c1-14(2)12-21-19(24)17-8-5-7-16(11-17)18-9-6-10-23(13-18)20(25)22-15(3)4/h5,7-8,11,14-15,18H,6,9-10,12-13H2,1-4H3,(H,21,24)(H,22,25)/t18-/m1/s1. The number of rotatable bonds is 5. The van der Waals surface area contributed by atoms with Gasteiger partial charge < -0.3 is 15.5 Å². The van der Waals surface area contributed by atoms with Gasteiger partial charge in [0.1, 0.15) is 0 Å². The molecule has 1 aliphatic heterocycles. The number of hydrogen-bond donors (Lipinski definition) is 2. The van der Waals surface area contributed by atoms with Crippen LogP contribution in [0.5, 0.6) is 0 Å². The lowest BCUT2D eigenvalue weighted by molar-refractivity contribution is 0.0948. The fraction of sp³-hybridized carbons (Fsp3) is 0.600. The first-order valence-corrected chi connectivity index (χ1v) is 9.30. The highest BCUT2D eigenvalue weighted by Crippen LogP contribution is 2.27. The number of amides is 3. The number of benzene rings is 1. The molecule has 0 spiro atoms. The van der Waals surface area contributed by atoms with Crippen LogP contribution in [0.15, 0.2) is 24.3 Å². The second-order valence-corrected chi connectivity index (χ2v) is 7.62. The zero-order valence-corrected chi connectivity index (χ0v) is 15.8. The van der Waals surface area contributed by atoms with E-state index in [0.717, 1.165) is 24.9 Å². The van der Waals surface area contributed by atoms with Gasteiger partial charge in [-0.3, -0.25) is 4.79 Å². The smallest absolute Gasteiger partial charge is 0.317 e. The van der Waals surface area contributed by atoms with Crippen molar-refractivity contribution in [1.29, 1.82) is 0 Å². The Hall–Kier alpha value is -2.04. The lowest BCUT2D eigenvalue weighted by atomic mass is 9.89. The molecule has 1 aromatic carbocycles. The average molecular weight is 345 g/mol. The Morgan fingerprint density at radius 2 is 2.00 bits per heavy atom. The zero-order chi connectivity index (χ0) is 18.4. The van der Waals surface area contributed by atoms with Crippen molar-refractivity contribution in [1.82, 2.24) is 15.5 Å². The van der Waals surface area contributed by atoms with Gasteiger partial charge in [0, 0.05) is 37.2 Å². The first-order valence-electron chi connectivity index (χ1n) is 9.30. The number of likely N-dealkylation sites (tertiary alicyclic amines) is 1. The molecule has 138 valence electrons. The topological polar surface area (TPSA) is 61.4 Å². The summed E-state index contributed by atoms with van der Waals surface area (Å²) in [6.07, 6.45) is 2.03. The Labute approximate surface area is 151 Å². The van der Waals surface area contributed by atoms with Crippen LogP contribution in [0, 0.1) is 5.92 Å². The number of nitrogens with zero attached hydrogens (tertiary/aromatic N) is 1. The third-order valence-corrected chi connectivity index (χ3v) is 4.41. The van der Waals surface area contributed by atoms with Crippen molar-refractivity contribution in [3.8, 4) is 0 Å². The number of hydrogen-bond acceptors (Lipinski definition) is 2. The highest BCUT2D eigenvalue weighted by atomic mass is 16.2. The van der Waals surface area contributed by atoms with Crippen molar-refractivity contribution in [2.45, 2.75) is 52.5 Å². The third kappa shape index (κ3) is 5.76. The molecule has 1 atom stereocenters. The maximum Gasteiger partial charge on any atom is 0.317 e. The molecule has 0 bridgehead atoms. The van der Waals surface area contributed by atoms with Gasteiger partial charge in [-0.2, -0.15) is 0 Å². The number of carbonyl (C=O) groups is 2. The van der Waals surface area contributed by atoms with Gasteiger partial charge >= 0.3 is 6.03 Å². The Morgan fingerprint density at radius 1 is 1.24 bits per heavy atom. The van der Waals surface area contributed by atoms with Crippen LogP contribution in [0.25, 0.3) is 0 Å². The largest absolute Gasteiger partial charge is 0.352 e. The fourth-order valence-corrected chi connectivity index (χ4v) is 3.10. The minimum atomic E-state index is -0.0271. The summed E-state index contributed by atoms with van der Waals surface area (Å²) in [6.45, 7) is 10.3. The van der Waals surface area contributed by atoms with Gasteiger partial charge in [-0.05, 0) is 50.3 Å². The Balaban J connectivity index is 2.04. The van der Waals surface area contributed by atoms with Crippen molar-refractivity contribution in [2.24, 2.45) is 5.92 Å². The third-order valence-electron chi connectivity index (χ3n) is 4.41. The van der Waals surface area contributed by atoms with Crippen molar-refractivity contribution >= 4 is 11.9 Å². The number of urea groups is 1. The second kappa shape index (κ2) is 8.88. The van der Waals surface area contributed by atoms with E-state index >= 15 is 0 Å². The lowest BCUT2D eigenvalue weighted by Crippen LogP contribution is -2.47. The van der Waals surface area contributed by atoms with Crippen LogP contribution in [0.3, 0.4) is 0 Å². The molecule has 1 aromatic rings. The van der Waals surface area contributed by atoms with Crippen LogP contribution in [-0.2, 0) is 0 Å². The van der Waals surface area contributed by atoms with Crippen molar-refractivity contribution in [3.05, 3.63) is 35.4 Å². The number of piperidine rings is 1. The summed E-state index contributed by atoms with van der Waals surface area (Å²) >= 11 is 0. The summed E-state index contributed by atoms with van der Waals surface area (Å²) in [5.74, 6) is 0.684. The van der Waals surface area contributed by atoms with Crippen LogP contribution in [0.1, 0.15) is 62.4 Å². The van der Waals surface area contributed by atoms with E-state index in [1.807, 2.05) is 36.9 Å². The molecule has 2 N–H and O–H groups in total. The van der Waals surface area contributed by atoms with Crippen LogP contribution in [0.4, 0.5) is 4.79 Å². The second-order valence-electron chi connectivity index (χ2n) is 7.62. The highest BCUT2D eigenvalue weighted by Gasteiger charge is 2.25. The minimum Gasteiger partial charge on any atom is -0.352 e. The molecule has 1 heterocycles. The maximum atomic E-state index is 12.3. The fourth-order valence-electron chi connectivity index (χ4n) is 3.10. The lowest BCUT2D eigenvalue weighted by Gasteiger charge is -2.33. The Kier molecular flexibility index (Phi) is 6.85. The normalized spacial score (nSPS) is 17.7. The van der Waals surface area contributed by atoms with Crippen molar-refractivity contribution in [2.75, 3.05) is 19.6 Å². The average Bonchev–Trinajstić information content (AvgIpc) is 2.59. The van der Waals surface area contributed by atoms with Gasteiger partial charge in [0.05, 0.1) is 0 Å². The maximum absolute atomic E-state index is 12.3. The molecule has 5 nitrogen and oxygen atoms in total. The van der Waals surface area contributed by atoms with Gasteiger partial charge in [0.2, 0.25) is 0 Å². The van der Waals surface area contributed by atoms with E-state index in [1.54, 1.807) is 0 Å². The molecule has 0 unspecified atom stereocenters. The Morgan fingerprint density at radius 3 is 2.68 bits per heavy atom. The molecule has 5 heteroatoms. The van der Waals surface area contributed by atoms with Crippen LogP contribution < -0.4 is 10.6 Å². The monoisotopic (exact) mass is 345 g/mol. The SMILES string of the molecule is CC(C)CNC(=O)c1cccc([C@@H]2CCCN(C(=O)NC(C)C)C2)c1. The van der Waals surface area contributed by atoms with Crippen molar-refractivity contribution in [3.63, 3.8) is 0 Å². The molecule has 0 aliphatic carbocycles. The first kappa shape index (κ1) is 19.3. The predicted octanol–water partition coefficient (Wildman–Crippen LogP) is 3.37. The molecule has 1 saturated heterocycles. The van der Waals surface area contributed by atoms with Crippen molar-refractivity contribution < 1.29 is 9.59 Å². The highest BCUT2D eigenvalue weighted by molar-refractivity contribution is 5.94. The summed E-state index contributed by atoms with van der Waals surface area (Å²) in [5, 5.41) is 5.93. The molecule has 1 fully saturated rings. The summed E-state index contributed by atoms with van der Waals surface area (Å²) in [6, 6.07) is 7.97. The van der Waals surface area contributed by atoms with E-state index in [1.165, 1.54) is 0 Å². The van der Waals surface area contributed by atoms with Crippen LogP contribution in [0.2, 0.25) is 0 Å². The molecular formula is C20H31N3O2. The molecule has 25 heavy (non-hydrogen) atoms. The van der Waals surface area contributed by atoms with Crippen LogP contribution in [-0.4, -0.2) is 42.5 Å². The molecule has 3 amide bonds.